The molecule has 1 aromatic heterocycles. The third kappa shape index (κ3) is 5.91. The fourth-order valence-corrected chi connectivity index (χ4v) is 3.10. The van der Waals surface area contributed by atoms with Gasteiger partial charge in [-0.25, -0.2) is 0 Å². The molecule has 3 rings (SSSR count). The molecule has 0 bridgehead atoms. The number of nitrogens with zero attached hydrogens (tertiary/aromatic N) is 1. The molecule has 1 N–H and O–H groups in total. The van der Waals surface area contributed by atoms with E-state index in [0.717, 1.165) is 24.9 Å². The van der Waals surface area contributed by atoms with Crippen molar-refractivity contribution in [1.29, 1.82) is 0 Å². The van der Waals surface area contributed by atoms with Crippen molar-refractivity contribution < 1.29 is 4.79 Å². The Bertz CT molecular complexity index is 900. The van der Waals surface area contributed by atoms with E-state index in [1.807, 2.05) is 18.5 Å². The van der Waals surface area contributed by atoms with Crippen LogP contribution < -0.4 is 5.32 Å². The Morgan fingerprint density at radius 2 is 1.61 bits per heavy atom. The Balaban J connectivity index is 0.000000202. The van der Waals surface area contributed by atoms with Crippen molar-refractivity contribution in [3.05, 3.63) is 71.5 Å². The molecule has 3 nitrogen and oxygen atoms in total. The zero-order valence-electron chi connectivity index (χ0n) is 17.7. The van der Waals surface area contributed by atoms with Crippen LogP contribution in [0.3, 0.4) is 0 Å². The summed E-state index contributed by atoms with van der Waals surface area (Å²) in [4.78, 5) is 14.6. The van der Waals surface area contributed by atoms with Gasteiger partial charge in [-0.15, -0.1) is 0 Å². The number of aryl methyl sites for hydroxylation is 1. The molecule has 3 heteroatoms. The van der Waals surface area contributed by atoms with E-state index < -0.39 is 0 Å². The Hall–Kier alpha value is -2.68. The summed E-state index contributed by atoms with van der Waals surface area (Å²) >= 11 is 0. The first-order valence-electron chi connectivity index (χ1n) is 10.1. The van der Waals surface area contributed by atoms with Crippen molar-refractivity contribution in [3.63, 3.8) is 0 Å². The van der Waals surface area contributed by atoms with Crippen molar-refractivity contribution in [2.24, 2.45) is 0 Å². The molecule has 1 amide bonds. The molecule has 28 heavy (non-hydrogen) atoms. The highest BCUT2D eigenvalue weighted by Crippen LogP contribution is 2.23. The second-order valence-electron chi connectivity index (χ2n) is 7.72. The van der Waals surface area contributed by atoms with Crippen LogP contribution in [-0.2, 0) is 11.2 Å². The van der Waals surface area contributed by atoms with Crippen molar-refractivity contribution in [2.45, 2.75) is 59.3 Å². The zero-order valence-corrected chi connectivity index (χ0v) is 17.7. The van der Waals surface area contributed by atoms with Crippen molar-refractivity contribution >= 4 is 22.9 Å². The Labute approximate surface area is 169 Å². The third-order valence-electron chi connectivity index (χ3n) is 4.87. The summed E-state index contributed by atoms with van der Waals surface area (Å²) in [6, 6.07) is 14.9. The lowest BCUT2D eigenvalue weighted by Crippen LogP contribution is -2.00. The van der Waals surface area contributed by atoms with Gasteiger partial charge in [-0.3, -0.25) is 9.78 Å². The molecule has 0 unspecified atom stereocenters. The van der Waals surface area contributed by atoms with Gasteiger partial charge in [-0.1, -0.05) is 65.3 Å². The second-order valence-corrected chi connectivity index (χ2v) is 7.72. The summed E-state index contributed by atoms with van der Waals surface area (Å²) in [6.07, 6.45) is 6.60. The van der Waals surface area contributed by atoms with Crippen LogP contribution in [0, 0.1) is 0 Å². The molecule has 0 atom stereocenters. The van der Waals surface area contributed by atoms with Crippen LogP contribution in [-0.4, -0.2) is 11.4 Å². The topological polar surface area (TPSA) is 42.0 Å². The monoisotopic (exact) mass is 376 g/mol. The predicted molar refractivity (Wildman–Crippen MR) is 120 cm³/mol. The molecule has 0 saturated carbocycles. The number of carbonyl (C=O) groups is 1. The summed E-state index contributed by atoms with van der Waals surface area (Å²) < 4.78 is 0. The highest BCUT2D eigenvalue weighted by Gasteiger charge is 2.05. The van der Waals surface area contributed by atoms with E-state index in [9.17, 15) is 4.79 Å². The van der Waals surface area contributed by atoms with Crippen LogP contribution in [0.1, 0.15) is 69.6 Å². The Morgan fingerprint density at radius 3 is 2.25 bits per heavy atom. The van der Waals surface area contributed by atoms with E-state index >= 15 is 0 Å². The number of nitrogens with one attached hydrogen (secondary N) is 1. The van der Waals surface area contributed by atoms with Gasteiger partial charge in [0.25, 0.3) is 0 Å². The lowest BCUT2D eigenvalue weighted by molar-refractivity contribution is -0.105. The fraction of sp³-hybridized carbons (Fsp3) is 0.360. The van der Waals surface area contributed by atoms with Gasteiger partial charge in [0.15, 0.2) is 0 Å². The van der Waals surface area contributed by atoms with Gasteiger partial charge in [0, 0.05) is 23.5 Å². The van der Waals surface area contributed by atoms with Crippen molar-refractivity contribution in [2.75, 3.05) is 5.32 Å². The van der Waals surface area contributed by atoms with Gasteiger partial charge in [0.1, 0.15) is 0 Å². The fourth-order valence-electron chi connectivity index (χ4n) is 3.10. The number of hydrogen-bond acceptors (Lipinski definition) is 2. The van der Waals surface area contributed by atoms with Gasteiger partial charge in [0.05, 0.1) is 0 Å². The third-order valence-corrected chi connectivity index (χ3v) is 4.87. The van der Waals surface area contributed by atoms with E-state index in [1.165, 1.54) is 27.5 Å². The molecule has 0 aliphatic carbocycles. The minimum atomic E-state index is 0.493. The molecule has 3 aromatic rings. The summed E-state index contributed by atoms with van der Waals surface area (Å²) in [5.41, 5.74) is 4.81. The second kappa shape index (κ2) is 10.6. The highest BCUT2D eigenvalue weighted by atomic mass is 16.1. The standard InChI is InChI=1S/C13H19NO.C12H13N/c1-4-5-11-6-7-12(10(2)3)8-13(11)14-9-15;1-9(2)11-4-3-10-5-6-13-8-12(10)7-11/h6-10H,4-5H2,1-3H3,(H,14,15);3-9H,1-2H3. The molecule has 0 aliphatic heterocycles. The average molecular weight is 377 g/mol. The molecule has 0 radical (unpaired) electrons. The maximum Gasteiger partial charge on any atom is 0.211 e. The number of aromatic nitrogens is 1. The minimum absolute atomic E-state index is 0.493. The average Bonchev–Trinajstić information content (AvgIpc) is 2.69. The number of pyridine rings is 1. The molecule has 1 heterocycles. The van der Waals surface area contributed by atoms with Crippen molar-refractivity contribution in [3.8, 4) is 0 Å². The maximum absolute atomic E-state index is 10.5. The molecular weight excluding hydrogens is 344 g/mol. The molecule has 148 valence electrons. The summed E-state index contributed by atoms with van der Waals surface area (Å²) in [7, 11) is 0. The first kappa shape index (κ1) is 21.6. The lowest BCUT2D eigenvalue weighted by Gasteiger charge is -2.12. The van der Waals surface area contributed by atoms with Gasteiger partial charge >= 0.3 is 0 Å². The van der Waals surface area contributed by atoms with Gasteiger partial charge in [-0.05, 0) is 58.5 Å². The number of amides is 1. The highest BCUT2D eigenvalue weighted by molar-refractivity contribution is 5.82. The van der Waals surface area contributed by atoms with Gasteiger partial charge in [0.2, 0.25) is 6.41 Å². The van der Waals surface area contributed by atoms with E-state index in [-0.39, 0.29) is 0 Å². The molecule has 0 saturated heterocycles. The number of rotatable bonds is 6. The van der Waals surface area contributed by atoms with E-state index in [4.69, 9.17) is 0 Å². The lowest BCUT2D eigenvalue weighted by atomic mass is 9.98. The Morgan fingerprint density at radius 1 is 0.929 bits per heavy atom. The normalized spacial score (nSPS) is 10.7. The van der Waals surface area contributed by atoms with E-state index in [0.29, 0.717) is 11.8 Å². The quantitative estimate of drug-likeness (QED) is 0.487. The number of benzene rings is 2. The summed E-state index contributed by atoms with van der Waals surface area (Å²) in [5.74, 6) is 1.08. The number of hydrogen-bond donors (Lipinski definition) is 1. The van der Waals surface area contributed by atoms with E-state index in [1.54, 1.807) is 0 Å². The molecule has 0 spiro atoms. The van der Waals surface area contributed by atoms with Crippen LogP contribution in [0.5, 0.6) is 0 Å². The van der Waals surface area contributed by atoms with E-state index in [2.05, 4.69) is 81.3 Å². The molecule has 2 aromatic carbocycles. The minimum Gasteiger partial charge on any atom is -0.328 e. The number of fused-ring (bicyclic) bond motifs is 1. The van der Waals surface area contributed by atoms with Crippen LogP contribution in [0.2, 0.25) is 0 Å². The van der Waals surface area contributed by atoms with Crippen LogP contribution >= 0.6 is 0 Å². The molecular formula is C25H32N2O. The van der Waals surface area contributed by atoms with Gasteiger partial charge in [-0.2, -0.15) is 0 Å². The van der Waals surface area contributed by atoms with Crippen LogP contribution in [0.4, 0.5) is 5.69 Å². The SMILES string of the molecule is CC(C)c1ccc2ccncc2c1.CCCc1ccc(C(C)C)cc1NC=O. The first-order chi connectivity index (χ1) is 13.5. The maximum atomic E-state index is 10.5. The summed E-state index contributed by atoms with van der Waals surface area (Å²) in [6.45, 7) is 10.9. The number of carbonyl (C=O) groups excluding carboxylic acids is 1. The summed E-state index contributed by atoms with van der Waals surface area (Å²) in [5, 5.41) is 5.27. The number of anilines is 1. The Kier molecular flexibility index (Phi) is 8.19. The van der Waals surface area contributed by atoms with Gasteiger partial charge < -0.3 is 5.32 Å². The van der Waals surface area contributed by atoms with Crippen LogP contribution in [0.15, 0.2) is 54.9 Å². The largest absolute Gasteiger partial charge is 0.328 e. The van der Waals surface area contributed by atoms with Crippen LogP contribution in [0.25, 0.3) is 10.8 Å². The smallest absolute Gasteiger partial charge is 0.211 e. The molecule has 0 fully saturated rings. The molecule has 0 aliphatic rings. The van der Waals surface area contributed by atoms with Crippen molar-refractivity contribution in [1.82, 2.24) is 4.98 Å². The first-order valence-corrected chi connectivity index (χ1v) is 10.1. The predicted octanol–water partition coefficient (Wildman–Crippen LogP) is 6.69. The zero-order chi connectivity index (χ0) is 20.5.